The molecule has 2 aromatic heterocycles. The van der Waals surface area contributed by atoms with Gasteiger partial charge in [0.15, 0.2) is 0 Å². The number of carbonyl (C=O) groups excluding carboxylic acids is 1. The third kappa shape index (κ3) is 4.01. The van der Waals surface area contributed by atoms with E-state index in [-0.39, 0.29) is 18.1 Å². The van der Waals surface area contributed by atoms with Gasteiger partial charge < -0.3 is 14.8 Å². The zero-order valence-electron chi connectivity index (χ0n) is 12.8. The fraction of sp³-hybridized carbons (Fsp3) is 0.375. The lowest BCUT2D eigenvalue weighted by Gasteiger charge is -2.32. The minimum absolute atomic E-state index is 0.134. The molecule has 7 nitrogen and oxygen atoms in total. The highest BCUT2D eigenvalue weighted by Crippen LogP contribution is 2.17. The second-order valence-corrected chi connectivity index (χ2v) is 5.37. The highest BCUT2D eigenvalue weighted by atomic mass is 16.5. The maximum Gasteiger partial charge on any atom is 0.253 e. The average Bonchev–Trinajstić information content (AvgIpc) is 2.59. The van der Waals surface area contributed by atoms with Gasteiger partial charge in [0.25, 0.3) is 5.91 Å². The fourth-order valence-electron chi connectivity index (χ4n) is 2.37. The number of ether oxygens (including phenoxy) is 2. The summed E-state index contributed by atoms with van der Waals surface area (Å²) in [6, 6.07) is 5.24. The molecule has 0 spiro atoms. The summed E-state index contributed by atoms with van der Waals surface area (Å²) in [5.41, 5.74) is 1.40. The molecular formula is C16H18N4O3. The molecule has 0 bridgehead atoms. The number of aryl methyl sites for hydroxylation is 1. The van der Waals surface area contributed by atoms with Gasteiger partial charge in [0.2, 0.25) is 0 Å². The summed E-state index contributed by atoms with van der Waals surface area (Å²) in [7, 11) is 0. The van der Waals surface area contributed by atoms with E-state index in [2.05, 4.69) is 20.5 Å². The third-order valence-electron chi connectivity index (χ3n) is 3.64. The van der Waals surface area contributed by atoms with E-state index < -0.39 is 0 Å². The second kappa shape index (κ2) is 7.15. The summed E-state index contributed by atoms with van der Waals surface area (Å²) >= 11 is 0. The first-order valence-electron chi connectivity index (χ1n) is 7.47. The van der Waals surface area contributed by atoms with Crippen molar-refractivity contribution in [1.82, 2.24) is 20.5 Å². The number of rotatable bonds is 4. The Bertz CT molecular complexity index is 648. The molecule has 1 aliphatic heterocycles. The van der Waals surface area contributed by atoms with Gasteiger partial charge in [-0.2, -0.15) is 10.2 Å². The second-order valence-electron chi connectivity index (χ2n) is 5.37. The quantitative estimate of drug-likeness (QED) is 0.911. The molecule has 1 aliphatic rings. The van der Waals surface area contributed by atoms with E-state index in [1.54, 1.807) is 12.3 Å². The van der Waals surface area contributed by atoms with Gasteiger partial charge in [-0.25, -0.2) is 0 Å². The molecule has 1 saturated heterocycles. The van der Waals surface area contributed by atoms with Crippen LogP contribution in [0, 0.1) is 6.92 Å². The maximum absolute atomic E-state index is 12.3. The Labute approximate surface area is 134 Å². The topological polar surface area (TPSA) is 86.2 Å². The highest BCUT2D eigenvalue weighted by Gasteiger charge is 2.29. The van der Waals surface area contributed by atoms with E-state index in [1.165, 1.54) is 12.4 Å². The van der Waals surface area contributed by atoms with Gasteiger partial charge in [-0.1, -0.05) is 0 Å². The van der Waals surface area contributed by atoms with Crippen LogP contribution in [0.2, 0.25) is 0 Å². The monoisotopic (exact) mass is 314 g/mol. The molecule has 1 N–H and O–H groups in total. The summed E-state index contributed by atoms with van der Waals surface area (Å²) < 4.78 is 11.4. The van der Waals surface area contributed by atoms with Crippen molar-refractivity contribution in [3.63, 3.8) is 0 Å². The first-order chi connectivity index (χ1) is 11.2. The molecule has 1 fully saturated rings. The predicted octanol–water partition coefficient (Wildman–Crippen LogP) is 1.15. The Kier molecular flexibility index (Phi) is 4.77. The van der Waals surface area contributed by atoms with E-state index in [0.29, 0.717) is 30.9 Å². The molecular weight excluding hydrogens is 296 g/mol. The van der Waals surface area contributed by atoms with Crippen molar-refractivity contribution in [2.45, 2.75) is 25.5 Å². The molecule has 0 saturated carbocycles. The van der Waals surface area contributed by atoms with Crippen molar-refractivity contribution in [2.75, 3.05) is 13.2 Å². The zero-order chi connectivity index (χ0) is 16.1. The van der Waals surface area contributed by atoms with Crippen LogP contribution >= 0.6 is 0 Å². The minimum atomic E-state index is -0.257. The molecule has 0 radical (unpaired) electrons. The summed E-state index contributed by atoms with van der Waals surface area (Å²) in [5.74, 6) is 0.471. The highest BCUT2D eigenvalue weighted by molar-refractivity contribution is 5.93. The summed E-state index contributed by atoms with van der Waals surface area (Å²) in [5, 5.41) is 10.4. The van der Waals surface area contributed by atoms with Crippen LogP contribution in [0.1, 0.15) is 22.5 Å². The normalized spacial score (nSPS) is 20.7. The summed E-state index contributed by atoms with van der Waals surface area (Å²) in [6.45, 7) is 2.93. The standard InChI is InChI=1S/C16H18N4O3/c1-11-2-3-13(9-17-11)23-15-10-22-7-5-14(15)20-16(21)12-4-6-18-19-8-12/h2-4,6,8-9,14-15H,5,7,10H2,1H3,(H,20,21)/t14-,15+/m0/s1. The molecule has 3 heterocycles. The average molecular weight is 314 g/mol. The number of nitrogens with one attached hydrogen (secondary N) is 1. The summed E-state index contributed by atoms with van der Waals surface area (Å²) in [6.07, 6.45) is 5.04. The van der Waals surface area contributed by atoms with Crippen LogP contribution in [0.3, 0.4) is 0 Å². The van der Waals surface area contributed by atoms with E-state index in [4.69, 9.17) is 9.47 Å². The zero-order valence-corrected chi connectivity index (χ0v) is 12.8. The van der Waals surface area contributed by atoms with Gasteiger partial charge in [-0.3, -0.25) is 9.78 Å². The third-order valence-corrected chi connectivity index (χ3v) is 3.64. The number of pyridine rings is 1. The molecule has 2 atom stereocenters. The van der Waals surface area contributed by atoms with Gasteiger partial charge in [-0.05, 0) is 31.5 Å². The molecule has 3 rings (SSSR count). The Morgan fingerprint density at radius 1 is 1.30 bits per heavy atom. The van der Waals surface area contributed by atoms with Crippen LogP contribution in [0.25, 0.3) is 0 Å². The number of carbonyl (C=O) groups is 1. The van der Waals surface area contributed by atoms with Crippen molar-refractivity contribution < 1.29 is 14.3 Å². The van der Waals surface area contributed by atoms with Crippen LogP contribution in [-0.4, -0.2) is 46.4 Å². The van der Waals surface area contributed by atoms with Gasteiger partial charge in [-0.15, -0.1) is 0 Å². The van der Waals surface area contributed by atoms with Gasteiger partial charge in [0.1, 0.15) is 11.9 Å². The van der Waals surface area contributed by atoms with Crippen molar-refractivity contribution in [3.8, 4) is 5.75 Å². The molecule has 0 unspecified atom stereocenters. The molecule has 0 aromatic carbocycles. The molecule has 0 aliphatic carbocycles. The Morgan fingerprint density at radius 2 is 2.22 bits per heavy atom. The van der Waals surface area contributed by atoms with E-state index in [0.717, 1.165) is 5.69 Å². The number of amides is 1. The molecule has 7 heteroatoms. The van der Waals surface area contributed by atoms with Crippen LogP contribution in [0.5, 0.6) is 5.75 Å². The Balaban J connectivity index is 1.66. The largest absolute Gasteiger partial charge is 0.484 e. The van der Waals surface area contributed by atoms with Crippen LogP contribution in [0.4, 0.5) is 0 Å². The number of aromatic nitrogens is 3. The first-order valence-corrected chi connectivity index (χ1v) is 7.47. The molecule has 120 valence electrons. The maximum atomic E-state index is 12.3. The molecule has 1 amide bonds. The van der Waals surface area contributed by atoms with Crippen molar-refractivity contribution in [1.29, 1.82) is 0 Å². The molecule has 2 aromatic rings. The molecule has 23 heavy (non-hydrogen) atoms. The predicted molar refractivity (Wildman–Crippen MR) is 82.1 cm³/mol. The Morgan fingerprint density at radius 3 is 2.96 bits per heavy atom. The smallest absolute Gasteiger partial charge is 0.253 e. The SMILES string of the molecule is Cc1ccc(O[C@@H]2COCC[C@@H]2NC(=O)c2ccnnc2)cn1. The first kappa shape index (κ1) is 15.4. The van der Waals surface area contributed by atoms with Crippen molar-refractivity contribution in [2.24, 2.45) is 0 Å². The van der Waals surface area contributed by atoms with E-state index in [1.807, 2.05) is 19.1 Å². The van der Waals surface area contributed by atoms with Gasteiger partial charge in [0.05, 0.1) is 36.8 Å². The summed E-state index contributed by atoms with van der Waals surface area (Å²) in [4.78, 5) is 16.5. The Hall–Kier alpha value is -2.54. The lowest BCUT2D eigenvalue weighted by atomic mass is 10.1. The minimum Gasteiger partial charge on any atom is -0.484 e. The number of nitrogens with zero attached hydrogens (tertiary/aromatic N) is 3. The lowest BCUT2D eigenvalue weighted by molar-refractivity contribution is -0.0136. The fourth-order valence-corrected chi connectivity index (χ4v) is 2.37. The van der Waals surface area contributed by atoms with Crippen LogP contribution < -0.4 is 10.1 Å². The van der Waals surface area contributed by atoms with E-state index >= 15 is 0 Å². The van der Waals surface area contributed by atoms with Crippen molar-refractivity contribution in [3.05, 3.63) is 48.0 Å². The number of hydrogen-bond acceptors (Lipinski definition) is 6. The van der Waals surface area contributed by atoms with Gasteiger partial charge in [0, 0.05) is 12.3 Å². The van der Waals surface area contributed by atoms with E-state index in [9.17, 15) is 4.79 Å². The van der Waals surface area contributed by atoms with Crippen LogP contribution in [0.15, 0.2) is 36.8 Å². The lowest BCUT2D eigenvalue weighted by Crippen LogP contribution is -2.51. The van der Waals surface area contributed by atoms with Crippen molar-refractivity contribution >= 4 is 5.91 Å². The van der Waals surface area contributed by atoms with Crippen LogP contribution in [-0.2, 0) is 4.74 Å². The number of hydrogen-bond donors (Lipinski definition) is 1. The van der Waals surface area contributed by atoms with Gasteiger partial charge >= 0.3 is 0 Å².